The Labute approximate surface area is 135 Å². The van der Waals surface area contributed by atoms with Crippen LogP contribution in [0.5, 0.6) is 5.88 Å². The molecule has 1 aromatic heterocycles. The number of aromatic hydroxyl groups is 1. The number of aryl methyl sites for hydroxylation is 1. The predicted octanol–water partition coefficient (Wildman–Crippen LogP) is 1.61. The smallest absolute Gasteiger partial charge is 0.331 e. The van der Waals surface area contributed by atoms with Crippen LogP contribution in [-0.2, 0) is 13.0 Å². The van der Waals surface area contributed by atoms with E-state index >= 15 is 0 Å². The molecule has 2 N–H and O–H groups in total. The maximum atomic E-state index is 12.9. The first-order valence-electron chi connectivity index (χ1n) is 7.27. The van der Waals surface area contributed by atoms with Crippen molar-refractivity contribution in [2.75, 3.05) is 0 Å². The van der Waals surface area contributed by atoms with Crippen LogP contribution in [0.15, 0.2) is 56.7 Å². The second-order valence-corrected chi connectivity index (χ2v) is 5.23. The lowest BCUT2D eigenvalue weighted by Crippen LogP contribution is -2.31. The van der Waals surface area contributed by atoms with E-state index in [0.717, 1.165) is 10.1 Å². The van der Waals surface area contributed by atoms with Gasteiger partial charge in [-0.1, -0.05) is 12.1 Å². The van der Waals surface area contributed by atoms with Crippen LogP contribution in [-0.4, -0.2) is 20.9 Å². The number of H-pyrrole nitrogens is 1. The van der Waals surface area contributed by atoms with Crippen molar-refractivity contribution in [2.45, 2.75) is 13.0 Å². The normalized spacial score (nSPS) is 14.6. The Morgan fingerprint density at radius 1 is 1.25 bits per heavy atom. The van der Waals surface area contributed by atoms with Crippen LogP contribution in [0.2, 0.25) is 0 Å². The molecule has 0 atom stereocenters. The number of hydrogen-bond acceptors (Lipinski definition) is 4. The minimum absolute atomic E-state index is 0.0348. The molecule has 0 aliphatic carbocycles. The Bertz CT molecular complexity index is 952. The number of nitrogens with one attached hydrogen (secondary N) is 1. The van der Waals surface area contributed by atoms with Gasteiger partial charge in [-0.3, -0.25) is 19.3 Å². The van der Waals surface area contributed by atoms with Crippen LogP contribution in [0.25, 0.3) is 6.08 Å². The summed E-state index contributed by atoms with van der Waals surface area (Å²) >= 11 is 0. The van der Waals surface area contributed by atoms with E-state index in [1.54, 1.807) is 30.5 Å². The zero-order valence-electron chi connectivity index (χ0n) is 12.6. The maximum absolute atomic E-state index is 12.9. The van der Waals surface area contributed by atoms with Crippen LogP contribution in [0.3, 0.4) is 0 Å². The van der Waals surface area contributed by atoms with Crippen molar-refractivity contribution < 1.29 is 9.50 Å². The lowest BCUT2D eigenvalue weighted by Gasteiger charge is -2.10. The van der Waals surface area contributed by atoms with Crippen molar-refractivity contribution in [3.05, 3.63) is 79.9 Å². The number of allylic oxidation sites excluding steroid dienone is 2. The van der Waals surface area contributed by atoms with Crippen LogP contribution < -0.4 is 11.2 Å². The Balaban J connectivity index is 1.93. The fraction of sp³-hybridized carbons (Fsp3) is 0.118. The number of aromatic nitrogens is 2. The fourth-order valence-electron chi connectivity index (χ4n) is 2.35. The number of aliphatic imine (C=N–C) groups is 1. The van der Waals surface area contributed by atoms with E-state index in [1.807, 2.05) is 0 Å². The highest BCUT2D eigenvalue weighted by Gasteiger charge is 2.13. The first kappa shape index (κ1) is 15.7. The Hall–Kier alpha value is -3.22. The van der Waals surface area contributed by atoms with E-state index in [1.165, 1.54) is 18.2 Å². The number of benzene rings is 1. The molecular weight excluding hydrogens is 313 g/mol. The Morgan fingerprint density at radius 2 is 2.00 bits per heavy atom. The largest absolute Gasteiger partial charge is 0.494 e. The van der Waals surface area contributed by atoms with Gasteiger partial charge in [0.25, 0.3) is 5.56 Å². The zero-order chi connectivity index (χ0) is 17.1. The number of rotatable bonds is 4. The molecule has 3 rings (SSSR count). The van der Waals surface area contributed by atoms with Gasteiger partial charge in [0.1, 0.15) is 11.4 Å². The molecule has 122 valence electrons. The van der Waals surface area contributed by atoms with E-state index in [4.69, 9.17) is 0 Å². The van der Waals surface area contributed by atoms with Gasteiger partial charge in [0.2, 0.25) is 5.88 Å². The molecule has 2 aromatic rings. The minimum Gasteiger partial charge on any atom is -0.494 e. The predicted molar refractivity (Wildman–Crippen MR) is 88.7 cm³/mol. The van der Waals surface area contributed by atoms with Crippen LogP contribution in [0.4, 0.5) is 4.39 Å². The number of hydrogen-bond donors (Lipinski definition) is 2. The Morgan fingerprint density at radius 3 is 2.67 bits per heavy atom. The zero-order valence-corrected chi connectivity index (χ0v) is 12.6. The molecular formula is C17H14FN3O3. The van der Waals surface area contributed by atoms with Gasteiger partial charge >= 0.3 is 5.69 Å². The van der Waals surface area contributed by atoms with E-state index in [-0.39, 0.29) is 17.9 Å². The molecule has 0 amide bonds. The molecule has 0 spiro atoms. The van der Waals surface area contributed by atoms with Gasteiger partial charge in [-0.15, -0.1) is 0 Å². The summed E-state index contributed by atoms with van der Waals surface area (Å²) in [5.74, 6) is -0.768. The highest BCUT2D eigenvalue weighted by Crippen LogP contribution is 2.17. The number of aromatic amines is 1. The maximum Gasteiger partial charge on any atom is 0.331 e. The van der Waals surface area contributed by atoms with Gasteiger partial charge in [0, 0.05) is 12.8 Å². The van der Waals surface area contributed by atoms with E-state index < -0.39 is 17.1 Å². The van der Waals surface area contributed by atoms with Crippen molar-refractivity contribution in [1.29, 1.82) is 0 Å². The summed E-state index contributed by atoms with van der Waals surface area (Å²) < 4.78 is 14.0. The number of halogens is 1. The van der Waals surface area contributed by atoms with Gasteiger partial charge in [0.05, 0.1) is 5.70 Å². The molecule has 2 heterocycles. The molecule has 1 aromatic carbocycles. The summed E-state index contributed by atoms with van der Waals surface area (Å²) in [7, 11) is 0. The second kappa shape index (κ2) is 6.49. The third-order valence-corrected chi connectivity index (χ3v) is 3.61. The fourth-order valence-corrected chi connectivity index (χ4v) is 2.35. The van der Waals surface area contributed by atoms with Crippen molar-refractivity contribution in [3.63, 3.8) is 0 Å². The highest BCUT2D eigenvalue weighted by atomic mass is 19.1. The monoisotopic (exact) mass is 327 g/mol. The first-order chi connectivity index (χ1) is 11.5. The summed E-state index contributed by atoms with van der Waals surface area (Å²) in [4.78, 5) is 30.1. The lowest BCUT2D eigenvalue weighted by atomic mass is 10.1. The molecule has 0 saturated heterocycles. The standard InChI is InChI=1S/C17H14FN3O3/c18-12-5-3-11(4-6-12)7-9-21-16(23)14(15(22)20-17(21)24)10-13-2-1-8-19-13/h1-6,8,10,23H,7,9H2,(H,20,22,24)/b13-10+. The van der Waals surface area contributed by atoms with Crippen LogP contribution >= 0.6 is 0 Å². The van der Waals surface area contributed by atoms with Gasteiger partial charge in [-0.2, -0.15) is 0 Å². The molecule has 6 nitrogen and oxygen atoms in total. The molecule has 0 unspecified atom stereocenters. The van der Waals surface area contributed by atoms with Crippen molar-refractivity contribution in [1.82, 2.24) is 9.55 Å². The SMILES string of the molecule is O=c1[nH]c(=O)n(CCc2ccc(F)cc2)c(O)c1/C=C1\C=CC=N1. The Kier molecular flexibility index (Phi) is 4.24. The molecule has 24 heavy (non-hydrogen) atoms. The molecule has 7 heteroatoms. The van der Waals surface area contributed by atoms with E-state index in [9.17, 15) is 19.1 Å². The molecule has 1 aliphatic rings. The highest BCUT2D eigenvalue weighted by molar-refractivity contribution is 5.79. The van der Waals surface area contributed by atoms with Gasteiger partial charge in [0.15, 0.2) is 0 Å². The molecule has 0 saturated carbocycles. The first-order valence-corrected chi connectivity index (χ1v) is 7.27. The van der Waals surface area contributed by atoms with E-state index in [0.29, 0.717) is 12.1 Å². The molecule has 0 bridgehead atoms. The molecule has 1 aliphatic heterocycles. The van der Waals surface area contributed by atoms with Gasteiger partial charge in [-0.25, -0.2) is 9.18 Å². The van der Waals surface area contributed by atoms with E-state index in [2.05, 4.69) is 9.98 Å². The van der Waals surface area contributed by atoms with Crippen molar-refractivity contribution in [3.8, 4) is 5.88 Å². The average Bonchev–Trinajstić information content (AvgIpc) is 3.06. The van der Waals surface area contributed by atoms with Crippen LogP contribution in [0, 0.1) is 5.82 Å². The minimum atomic E-state index is -0.702. The van der Waals surface area contributed by atoms with Gasteiger partial charge in [-0.05, 0) is 42.3 Å². The lowest BCUT2D eigenvalue weighted by molar-refractivity contribution is 0.399. The summed E-state index contributed by atoms with van der Waals surface area (Å²) in [6.07, 6.45) is 6.73. The molecule has 0 radical (unpaired) electrons. The summed E-state index contributed by atoms with van der Waals surface area (Å²) in [6, 6.07) is 5.85. The van der Waals surface area contributed by atoms with Gasteiger partial charge < -0.3 is 5.11 Å². The van der Waals surface area contributed by atoms with Crippen LogP contribution in [0.1, 0.15) is 11.1 Å². The summed E-state index contributed by atoms with van der Waals surface area (Å²) in [6.45, 7) is 0.141. The quantitative estimate of drug-likeness (QED) is 0.894. The van der Waals surface area contributed by atoms with Crippen molar-refractivity contribution in [2.24, 2.45) is 4.99 Å². The third-order valence-electron chi connectivity index (χ3n) is 3.61. The third kappa shape index (κ3) is 3.24. The number of nitrogens with zero attached hydrogens (tertiary/aromatic N) is 2. The average molecular weight is 327 g/mol. The second-order valence-electron chi connectivity index (χ2n) is 5.23. The van der Waals surface area contributed by atoms with Crippen molar-refractivity contribution >= 4 is 12.3 Å². The summed E-state index contributed by atoms with van der Waals surface area (Å²) in [5.41, 5.74) is -0.116. The summed E-state index contributed by atoms with van der Waals surface area (Å²) in [5, 5.41) is 10.3. The molecule has 0 fully saturated rings. The topological polar surface area (TPSA) is 87.5 Å².